The van der Waals surface area contributed by atoms with Crippen molar-refractivity contribution in [2.45, 2.75) is 148 Å². The lowest BCUT2D eigenvalue weighted by Crippen LogP contribution is -2.56. The molecule has 5 N–H and O–H groups in total. The van der Waals surface area contributed by atoms with E-state index >= 15 is 0 Å². The molecule has 5 amide bonds. The van der Waals surface area contributed by atoms with Gasteiger partial charge in [-0.2, -0.15) is 0 Å². The quantitative estimate of drug-likeness (QED) is 0.0467. The van der Waals surface area contributed by atoms with Gasteiger partial charge in [-0.05, 0) is 109 Å². The SMILES string of the molecule is CCCCC[C@H](NC(=O)[C@H](CCCCNC(=O)OC(C)(C)C)NC(=O)[C@H](CCCCNC(=O)OC(C)(C)C)NC(=O)OCC1c2ccccc2-c2ccccc21)C(=O)OC. The number of nitrogens with one attached hydrogen (secondary N) is 5. The molecule has 0 spiro atoms. The Morgan fingerprint density at radius 1 is 0.583 bits per heavy atom. The molecule has 0 saturated carbocycles. The normalized spacial score (nSPS) is 13.7. The van der Waals surface area contributed by atoms with Gasteiger partial charge in [0.15, 0.2) is 0 Å². The van der Waals surface area contributed by atoms with Crippen molar-refractivity contribution in [1.29, 1.82) is 0 Å². The van der Waals surface area contributed by atoms with Crippen molar-refractivity contribution in [2.75, 3.05) is 26.8 Å². The predicted octanol–water partition coefficient (Wildman–Crippen LogP) is 7.01. The molecular formula is C45H67N5O10. The first kappa shape index (κ1) is 49.0. The monoisotopic (exact) mass is 837 g/mol. The number of carbonyl (C=O) groups is 6. The number of hydrogen-bond donors (Lipinski definition) is 5. The molecule has 2 aromatic rings. The number of methoxy groups -OCH3 is 1. The van der Waals surface area contributed by atoms with E-state index in [-0.39, 0.29) is 38.5 Å². The summed E-state index contributed by atoms with van der Waals surface area (Å²) >= 11 is 0. The number of carbonyl (C=O) groups excluding carboxylic acids is 6. The molecule has 3 atom stereocenters. The predicted molar refractivity (Wildman–Crippen MR) is 228 cm³/mol. The summed E-state index contributed by atoms with van der Waals surface area (Å²) in [5, 5.41) is 13.7. The first-order chi connectivity index (χ1) is 28.4. The van der Waals surface area contributed by atoms with Gasteiger partial charge in [-0.25, -0.2) is 19.2 Å². The van der Waals surface area contributed by atoms with Gasteiger partial charge in [-0.3, -0.25) is 9.59 Å². The molecule has 0 heterocycles. The van der Waals surface area contributed by atoms with E-state index in [1.807, 2.05) is 55.5 Å². The maximum atomic E-state index is 14.1. The van der Waals surface area contributed by atoms with Gasteiger partial charge in [-0.15, -0.1) is 0 Å². The summed E-state index contributed by atoms with van der Waals surface area (Å²) in [4.78, 5) is 78.4. The minimum absolute atomic E-state index is 0.0311. The van der Waals surface area contributed by atoms with E-state index in [0.717, 1.165) is 35.1 Å². The molecule has 0 bridgehead atoms. The van der Waals surface area contributed by atoms with Crippen molar-refractivity contribution in [3.63, 3.8) is 0 Å². The Balaban J connectivity index is 1.76. The van der Waals surface area contributed by atoms with Gasteiger partial charge in [-0.1, -0.05) is 74.7 Å². The van der Waals surface area contributed by atoms with E-state index in [1.54, 1.807) is 41.5 Å². The Kier molecular flexibility index (Phi) is 19.7. The number of ether oxygens (including phenoxy) is 4. The number of alkyl carbamates (subject to hydrolysis) is 3. The smallest absolute Gasteiger partial charge is 0.407 e. The molecule has 0 fully saturated rings. The van der Waals surface area contributed by atoms with Crippen LogP contribution in [0.15, 0.2) is 48.5 Å². The molecule has 15 heteroatoms. The molecule has 0 aliphatic heterocycles. The number of fused-ring (bicyclic) bond motifs is 3. The van der Waals surface area contributed by atoms with Gasteiger partial charge in [0.25, 0.3) is 0 Å². The Morgan fingerprint density at radius 3 is 1.48 bits per heavy atom. The molecule has 332 valence electrons. The van der Waals surface area contributed by atoms with Crippen LogP contribution in [0.4, 0.5) is 14.4 Å². The number of hydrogen-bond acceptors (Lipinski definition) is 10. The third kappa shape index (κ3) is 17.1. The zero-order valence-electron chi connectivity index (χ0n) is 36.7. The lowest BCUT2D eigenvalue weighted by atomic mass is 9.98. The van der Waals surface area contributed by atoms with Crippen LogP contribution < -0.4 is 26.6 Å². The third-order valence-electron chi connectivity index (χ3n) is 9.66. The van der Waals surface area contributed by atoms with Crippen LogP contribution in [0.3, 0.4) is 0 Å². The molecule has 2 aromatic carbocycles. The minimum Gasteiger partial charge on any atom is -0.467 e. The Labute approximate surface area is 355 Å². The number of rotatable bonds is 22. The van der Waals surface area contributed by atoms with E-state index in [4.69, 9.17) is 18.9 Å². The second-order valence-electron chi connectivity index (χ2n) is 17.0. The molecule has 60 heavy (non-hydrogen) atoms. The zero-order chi connectivity index (χ0) is 44.3. The van der Waals surface area contributed by atoms with Gasteiger partial charge in [0, 0.05) is 19.0 Å². The Morgan fingerprint density at radius 2 is 1.02 bits per heavy atom. The fraction of sp³-hybridized carbons (Fsp3) is 0.600. The first-order valence-electron chi connectivity index (χ1n) is 21.2. The van der Waals surface area contributed by atoms with Crippen LogP contribution in [0.2, 0.25) is 0 Å². The summed E-state index contributed by atoms with van der Waals surface area (Å²) in [6, 6.07) is 12.8. The molecule has 0 aromatic heterocycles. The van der Waals surface area contributed by atoms with E-state index in [0.29, 0.717) is 38.5 Å². The summed E-state index contributed by atoms with van der Waals surface area (Å²) in [7, 11) is 1.25. The van der Waals surface area contributed by atoms with Gasteiger partial charge in [0.1, 0.15) is 35.9 Å². The van der Waals surface area contributed by atoms with Crippen LogP contribution in [0.1, 0.15) is 130 Å². The lowest BCUT2D eigenvalue weighted by Gasteiger charge is -2.25. The van der Waals surface area contributed by atoms with Crippen molar-refractivity contribution in [3.8, 4) is 11.1 Å². The summed E-state index contributed by atoms with van der Waals surface area (Å²) in [6.07, 6.45) is 2.91. The van der Waals surface area contributed by atoms with Crippen LogP contribution in [-0.2, 0) is 33.3 Å². The van der Waals surface area contributed by atoms with Crippen molar-refractivity contribution in [3.05, 3.63) is 59.7 Å². The zero-order valence-corrected chi connectivity index (χ0v) is 36.7. The van der Waals surface area contributed by atoms with Gasteiger partial charge in [0.05, 0.1) is 7.11 Å². The van der Waals surface area contributed by atoms with Gasteiger partial charge >= 0.3 is 24.2 Å². The summed E-state index contributed by atoms with van der Waals surface area (Å²) in [5.41, 5.74) is 2.89. The summed E-state index contributed by atoms with van der Waals surface area (Å²) in [5.74, 6) is -2.01. The maximum Gasteiger partial charge on any atom is 0.407 e. The highest BCUT2D eigenvalue weighted by molar-refractivity contribution is 5.93. The Hall–Kier alpha value is -5.34. The van der Waals surface area contributed by atoms with E-state index in [1.165, 1.54) is 7.11 Å². The van der Waals surface area contributed by atoms with Crippen LogP contribution >= 0.6 is 0 Å². The van der Waals surface area contributed by atoms with Gasteiger partial charge in [0.2, 0.25) is 11.8 Å². The number of amides is 5. The van der Waals surface area contributed by atoms with Crippen LogP contribution in [-0.4, -0.2) is 92.2 Å². The molecule has 0 saturated heterocycles. The average molecular weight is 838 g/mol. The largest absolute Gasteiger partial charge is 0.467 e. The van der Waals surface area contributed by atoms with E-state index < -0.39 is 65.4 Å². The fourth-order valence-electron chi connectivity index (χ4n) is 6.81. The number of benzene rings is 2. The standard InChI is InChI=1S/C45H67N5O10/c1-9-10-11-26-37(40(53)57-8)49-38(51)35(24-16-18-27-46-41(54)59-44(2,3)4)48-39(52)36(25-17-19-28-47-42(55)60-45(5,6)7)50-43(56)58-29-34-32-22-14-12-20-30(32)31-21-13-15-23-33(31)34/h12-15,20-23,34-37H,9-11,16-19,24-29H2,1-8H3,(H,46,54)(H,47,55)(H,48,52)(H,49,51)(H,50,56)/t35-,36-,37-/m0/s1. The number of esters is 1. The Bertz CT molecular complexity index is 1690. The minimum atomic E-state index is -1.12. The van der Waals surface area contributed by atoms with Crippen molar-refractivity contribution < 1.29 is 47.7 Å². The number of unbranched alkanes of at least 4 members (excludes halogenated alkanes) is 4. The second-order valence-corrected chi connectivity index (χ2v) is 17.0. The second kappa shape index (κ2) is 24.0. The molecule has 1 aliphatic rings. The average Bonchev–Trinajstić information content (AvgIpc) is 3.50. The van der Waals surface area contributed by atoms with Crippen molar-refractivity contribution in [2.24, 2.45) is 0 Å². The molecule has 0 radical (unpaired) electrons. The highest BCUT2D eigenvalue weighted by Crippen LogP contribution is 2.44. The van der Waals surface area contributed by atoms with Crippen LogP contribution in [0, 0.1) is 0 Å². The summed E-state index contributed by atoms with van der Waals surface area (Å²) < 4.78 is 21.4. The third-order valence-corrected chi connectivity index (χ3v) is 9.66. The fourth-order valence-corrected chi connectivity index (χ4v) is 6.81. The lowest BCUT2D eigenvalue weighted by molar-refractivity contribution is -0.145. The topological polar surface area (TPSA) is 199 Å². The highest BCUT2D eigenvalue weighted by Gasteiger charge is 2.32. The molecular weight excluding hydrogens is 771 g/mol. The molecule has 1 aliphatic carbocycles. The highest BCUT2D eigenvalue weighted by atomic mass is 16.6. The van der Waals surface area contributed by atoms with E-state index in [2.05, 4.69) is 26.6 Å². The van der Waals surface area contributed by atoms with Crippen molar-refractivity contribution >= 4 is 36.1 Å². The van der Waals surface area contributed by atoms with Gasteiger partial charge < -0.3 is 45.5 Å². The maximum absolute atomic E-state index is 14.1. The van der Waals surface area contributed by atoms with Crippen LogP contribution in [0.5, 0.6) is 0 Å². The van der Waals surface area contributed by atoms with Crippen LogP contribution in [0.25, 0.3) is 11.1 Å². The molecule has 15 nitrogen and oxygen atoms in total. The molecule has 3 rings (SSSR count). The van der Waals surface area contributed by atoms with E-state index in [9.17, 15) is 28.8 Å². The summed E-state index contributed by atoms with van der Waals surface area (Å²) in [6.45, 7) is 13.2. The first-order valence-corrected chi connectivity index (χ1v) is 21.2. The molecule has 0 unspecified atom stereocenters. The van der Waals surface area contributed by atoms with Crippen molar-refractivity contribution in [1.82, 2.24) is 26.6 Å².